The molecule has 6 heteroatoms. The second-order valence-corrected chi connectivity index (χ2v) is 4.28. The number of carbonyl (C=O) groups excluding carboxylic acids is 1. The smallest absolute Gasteiger partial charge is 0.336 e. The fourth-order valence-electron chi connectivity index (χ4n) is 1.95. The van der Waals surface area contributed by atoms with Crippen LogP contribution in [0.1, 0.15) is 17.3 Å². The summed E-state index contributed by atoms with van der Waals surface area (Å²) in [6.07, 6.45) is 1.56. The van der Waals surface area contributed by atoms with E-state index in [2.05, 4.69) is 15.6 Å². The number of carboxylic acid groups (broad SMARTS) is 1. The summed E-state index contributed by atoms with van der Waals surface area (Å²) in [6.45, 7) is 2.45. The molecule has 1 amide bonds. The lowest BCUT2D eigenvalue weighted by Gasteiger charge is -2.10. The zero-order valence-corrected chi connectivity index (χ0v) is 11.0. The average molecular weight is 273 g/mol. The van der Waals surface area contributed by atoms with Crippen molar-refractivity contribution >= 4 is 28.5 Å². The van der Waals surface area contributed by atoms with E-state index in [-0.39, 0.29) is 11.5 Å². The molecule has 2 rings (SSSR count). The molecule has 2 aromatic rings. The first kappa shape index (κ1) is 13.8. The maximum atomic E-state index is 11.2. The van der Waals surface area contributed by atoms with Crippen molar-refractivity contribution in [3.8, 4) is 0 Å². The monoisotopic (exact) mass is 273 g/mol. The van der Waals surface area contributed by atoms with Gasteiger partial charge in [-0.2, -0.15) is 0 Å². The van der Waals surface area contributed by atoms with Crippen LogP contribution < -0.4 is 10.6 Å². The summed E-state index contributed by atoms with van der Waals surface area (Å²) < 4.78 is 0. The Bertz CT molecular complexity index is 655. The third-order valence-electron chi connectivity index (χ3n) is 2.83. The maximum absolute atomic E-state index is 11.2. The van der Waals surface area contributed by atoms with E-state index in [4.69, 9.17) is 5.11 Å². The van der Waals surface area contributed by atoms with E-state index in [1.165, 1.54) is 6.92 Å². The van der Waals surface area contributed by atoms with Crippen LogP contribution in [0.5, 0.6) is 0 Å². The summed E-state index contributed by atoms with van der Waals surface area (Å²) in [5.41, 5.74) is 0.245. The summed E-state index contributed by atoms with van der Waals surface area (Å²) in [4.78, 5) is 26.1. The molecule has 0 aliphatic rings. The molecule has 0 unspecified atom stereocenters. The first-order valence-electron chi connectivity index (χ1n) is 6.19. The third-order valence-corrected chi connectivity index (χ3v) is 2.83. The van der Waals surface area contributed by atoms with E-state index < -0.39 is 5.97 Å². The number of nitrogens with zero attached hydrogens (tertiary/aromatic N) is 1. The van der Waals surface area contributed by atoms with Gasteiger partial charge in [-0.1, -0.05) is 12.1 Å². The van der Waals surface area contributed by atoms with Gasteiger partial charge in [0.2, 0.25) is 5.91 Å². The molecule has 1 aromatic carbocycles. The van der Waals surface area contributed by atoms with Crippen molar-refractivity contribution in [2.75, 3.05) is 18.4 Å². The van der Waals surface area contributed by atoms with Crippen LogP contribution in [-0.2, 0) is 4.79 Å². The van der Waals surface area contributed by atoms with Gasteiger partial charge in [0, 0.05) is 37.0 Å². The number of hydrogen-bond donors (Lipinski definition) is 3. The number of aromatic carboxylic acids is 1. The zero-order valence-electron chi connectivity index (χ0n) is 11.0. The first-order valence-corrected chi connectivity index (χ1v) is 6.19. The van der Waals surface area contributed by atoms with E-state index in [0.29, 0.717) is 24.3 Å². The number of amides is 1. The topological polar surface area (TPSA) is 91.3 Å². The molecule has 3 N–H and O–H groups in total. The van der Waals surface area contributed by atoms with Crippen LogP contribution in [-0.4, -0.2) is 35.1 Å². The second kappa shape index (κ2) is 6.01. The van der Waals surface area contributed by atoms with Gasteiger partial charge in [0.25, 0.3) is 0 Å². The quantitative estimate of drug-likeness (QED) is 0.718. The van der Waals surface area contributed by atoms with Gasteiger partial charge >= 0.3 is 5.97 Å². The van der Waals surface area contributed by atoms with Gasteiger partial charge in [0.05, 0.1) is 5.56 Å². The summed E-state index contributed by atoms with van der Waals surface area (Å²) in [7, 11) is 0. The molecule has 0 aliphatic carbocycles. The van der Waals surface area contributed by atoms with Crippen molar-refractivity contribution in [3.05, 3.63) is 36.0 Å². The number of benzene rings is 1. The highest BCUT2D eigenvalue weighted by atomic mass is 16.4. The average Bonchev–Trinajstić information content (AvgIpc) is 2.42. The molecule has 0 saturated heterocycles. The fourth-order valence-corrected chi connectivity index (χ4v) is 1.95. The van der Waals surface area contributed by atoms with Gasteiger partial charge in [-0.05, 0) is 12.1 Å². The largest absolute Gasteiger partial charge is 0.478 e. The van der Waals surface area contributed by atoms with Crippen LogP contribution in [0.2, 0.25) is 0 Å². The van der Waals surface area contributed by atoms with E-state index in [1.807, 2.05) is 6.07 Å². The predicted octanol–water partition coefficient (Wildman–Crippen LogP) is 1.48. The molecule has 0 spiro atoms. The van der Waals surface area contributed by atoms with Gasteiger partial charge in [0.1, 0.15) is 5.82 Å². The van der Waals surface area contributed by atoms with Crippen LogP contribution in [0.25, 0.3) is 10.8 Å². The molecule has 1 heterocycles. The highest BCUT2D eigenvalue weighted by molar-refractivity contribution is 6.06. The third kappa shape index (κ3) is 3.03. The van der Waals surface area contributed by atoms with Crippen molar-refractivity contribution in [2.24, 2.45) is 0 Å². The van der Waals surface area contributed by atoms with Crippen LogP contribution in [0, 0.1) is 0 Å². The van der Waals surface area contributed by atoms with E-state index in [9.17, 15) is 9.59 Å². The van der Waals surface area contributed by atoms with Crippen molar-refractivity contribution in [1.82, 2.24) is 10.3 Å². The number of carbonyl (C=O) groups is 2. The Morgan fingerprint density at radius 2 is 2.00 bits per heavy atom. The number of carboxylic acids is 1. The normalized spacial score (nSPS) is 10.2. The molecule has 0 atom stereocenters. The lowest BCUT2D eigenvalue weighted by atomic mass is 10.1. The SMILES string of the molecule is CC(=O)NCCNc1nccc2c(C(=O)O)cccc12. The Labute approximate surface area is 115 Å². The summed E-state index contributed by atoms with van der Waals surface area (Å²) >= 11 is 0. The Hall–Kier alpha value is -2.63. The lowest BCUT2D eigenvalue weighted by Crippen LogP contribution is -2.26. The van der Waals surface area contributed by atoms with Crippen molar-refractivity contribution < 1.29 is 14.7 Å². The molecule has 6 nitrogen and oxygen atoms in total. The molecule has 0 radical (unpaired) electrons. The first-order chi connectivity index (χ1) is 9.59. The van der Waals surface area contributed by atoms with Gasteiger partial charge in [-0.15, -0.1) is 0 Å². The summed E-state index contributed by atoms with van der Waals surface area (Å²) in [5, 5.41) is 16.3. The number of rotatable bonds is 5. The molecule has 0 bridgehead atoms. The van der Waals surface area contributed by atoms with Crippen LogP contribution in [0.3, 0.4) is 0 Å². The van der Waals surface area contributed by atoms with E-state index >= 15 is 0 Å². The molecular weight excluding hydrogens is 258 g/mol. The highest BCUT2D eigenvalue weighted by Gasteiger charge is 2.10. The summed E-state index contributed by atoms with van der Waals surface area (Å²) in [5.74, 6) is -0.451. The van der Waals surface area contributed by atoms with Gasteiger partial charge in [0.15, 0.2) is 0 Å². The summed E-state index contributed by atoms with van der Waals surface area (Å²) in [6, 6.07) is 6.74. The molecule has 0 aliphatic heterocycles. The minimum atomic E-state index is -0.967. The van der Waals surface area contributed by atoms with Crippen LogP contribution >= 0.6 is 0 Å². The van der Waals surface area contributed by atoms with E-state index in [1.54, 1.807) is 24.4 Å². The zero-order chi connectivity index (χ0) is 14.5. The molecule has 20 heavy (non-hydrogen) atoms. The van der Waals surface area contributed by atoms with Crippen LogP contribution in [0.15, 0.2) is 30.5 Å². The molecule has 0 saturated carbocycles. The highest BCUT2D eigenvalue weighted by Crippen LogP contribution is 2.24. The molecule has 0 fully saturated rings. The predicted molar refractivity (Wildman–Crippen MR) is 75.9 cm³/mol. The Morgan fingerprint density at radius 3 is 2.70 bits per heavy atom. The molecular formula is C14H15N3O3. The Morgan fingerprint density at radius 1 is 1.20 bits per heavy atom. The Balaban J connectivity index is 2.24. The van der Waals surface area contributed by atoms with Crippen LogP contribution in [0.4, 0.5) is 5.82 Å². The second-order valence-electron chi connectivity index (χ2n) is 4.28. The number of fused-ring (bicyclic) bond motifs is 1. The van der Waals surface area contributed by atoms with Crippen molar-refractivity contribution in [1.29, 1.82) is 0 Å². The van der Waals surface area contributed by atoms with Gasteiger partial charge in [-0.25, -0.2) is 9.78 Å². The fraction of sp³-hybridized carbons (Fsp3) is 0.214. The maximum Gasteiger partial charge on any atom is 0.336 e. The molecule has 104 valence electrons. The number of hydrogen-bond acceptors (Lipinski definition) is 4. The number of anilines is 1. The Kier molecular flexibility index (Phi) is 4.14. The van der Waals surface area contributed by atoms with Gasteiger partial charge < -0.3 is 15.7 Å². The van der Waals surface area contributed by atoms with E-state index in [0.717, 1.165) is 5.39 Å². The lowest BCUT2D eigenvalue weighted by molar-refractivity contribution is -0.118. The van der Waals surface area contributed by atoms with Gasteiger partial charge in [-0.3, -0.25) is 4.79 Å². The molecule has 1 aromatic heterocycles. The van der Waals surface area contributed by atoms with Crippen molar-refractivity contribution in [2.45, 2.75) is 6.92 Å². The number of aromatic nitrogens is 1. The minimum absolute atomic E-state index is 0.0918. The number of nitrogens with one attached hydrogen (secondary N) is 2. The minimum Gasteiger partial charge on any atom is -0.478 e. The number of pyridine rings is 1. The van der Waals surface area contributed by atoms with Crippen molar-refractivity contribution in [3.63, 3.8) is 0 Å². The standard InChI is InChI=1S/C14H15N3O3/c1-9(18)15-7-8-17-13-11-3-2-4-12(14(19)20)10(11)5-6-16-13/h2-6H,7-8H2,1H3,(H,15,18)(H,16,17)(H,19,20).